The lowest BCUT2D eigenvalue weighted by Crippen LogP contribution is -2.34. The Labute approximate surface area is 130 Å². The number of halogens is 8. The first-order valence-corrected chi connectivity index (χ1v) is 10.8. The molecule has 0 aliphatic heterocycles. The molecule has 0 bridgehead atoms. The predicted octanol–water partition coefficient (Wildman–Crippen LogP) is 5.81. The van der Waals surface area contributed by atoms with Gasteiger partial charge in [0.2, 0.25) is 0 Å². The van der Waals surface area contributed by atoms with E-state index in [1.54, 1.807) is 0 Å². The van der Waals surface area contributed by atoms with Crippen LogP contribution in [0.25, 0.3) is 0 Å². The molecule has 0 aromatic rings. The van der Waals surface area contributed by atoms with Gasteiger partial charge in [0.25, 0.3) is 0 Å². The molecule has 0 radical (unpaired) electrons. The minimum Gasteiger partial charge on any atom is -0.169 e. The van der Waals surface area contributed by atoms with E-state index in [1.165, 1.54) is 0 Å². The summed E-state index contributed by atoms with van der Waals surface area (Å²) in [5.41, 5.74) is 0. The Hall–Kier alpha value is 0.377. The Morgan fingerprint density at radius 3 is 1.33 bits per heavy atom. The normalized spacial score (nSPS) is 40.3. The first kappa shape index (κ1) is 17.7. The van der Waals surface area contributed by atoms with Crippen LogP contribution >= 0.6 is 23.2 Å². The molecule has 0 N–H and O–H groups in total. The molecular formula is C12H16Cl2F6Si. The summed E-state index contributed by atoms with van der Waals surface area (Å²) in [6, 6.07) is 0.578. The molecule has 0 aromatic heterocycles. The summed E-state index contributed by atoms with van der Waals surface area (Å²) in [5.74, 6) is -1.34. The maximum atomic E-state index is 12.7. The van der Waals surface area contributed by atoms with Gasteiger partial charge in [0.1, 0.15) is 9.75 Å². The predicted molar refractivity (Wildman–Crippen MR) is 72.6 cm³/mol. The summed E-state index contributed by atoms with van der Waals surface area (Å²) >= 11 is 11.1. The summed E-state index contributed by atoms with van der Waals surface area (Å²) in [7, 11) is -2.21. The van der Waals surface area contributed by atoms with E-state index in [0.717, 1.165) is 0 Å². The average molecular weight is 373 g/mol. The quantitative estimate of drug-likeness (QED) is 0.331. The van der Waals surface area contributed by atoms with Crippen molar-refractivity contribution in [2.45, 2.75) is 60.1 Å². The molecule has 2 aliphatic rings. The largest absolute Gasteiger partial charge is 0.407 e. The van der Waals surface area contributed by atoms with E-state index in [1.807, 2.05) is 13.1 Å². The second kappa shape index (κ2) is 4.69. The second-order valence-electron chi connectivity index (χ2n) is 7.10. The van der Waals surface area contributed by atoms with E-state index < -0.39 is 42.0 Å². The Kier molecular flexibility index (Phi) is 3.96. The first-order chi connectivity index (χ1) is 9.12. The van der Waals surface area contributed by atoms with Crippen molar-refractivity contribution in [3.63, 3.8) is 0 Å². The van der Waals surface area contributed by atoms with Crippen molar-refractivity contribution in [3.05, 3.63) is 0 Å². The van der Waals surface area contributed by atoms with E-state index in [2.05, 4.69) is 0 Å². The van der Waals surface area contributed by atoms with Gasteiger partial charge in [0.05, 0.1) is 0 Å². The molecule has 0 amide bonds. The Morgan fingerprint density at radius 2 is 1.14 bits per heavy atom. The molecule has 2 fully saturated rings. The van der Waals surface area contributed by atoms with Gasteiger partial charge in [-0.15, -0.1) is 23.2 Å². The highest BCUT2D eigenvalue weighted by atomic mass is 35.5. The van der Waals surface area contributed by atoms with Crippen LogP contribution in [0.2, 0.25) is 25.2 Å². The van der Waals surface area contributed by atoms with E-state index in [-0.39, 0.29) is 24.9 Å². The summed E-state index contributed by atoms with van der Waals surface area (Å²) < 4.78 is 76.3. The third kappa shape index (κ3) is 3.20. The lowest BCUT2D eigenvalue weighted by atomic mass is 10.3. The van der Waals surface area contributed by atoms with Crippen LogP contribution in [0.3, 0.4) is 0 Å². The number of hydrogen-bond acceptors (Lipinski definition) is 0. The molecule has 21 heavy (non-hydrogen) atoms. The van der Waals surface area contributed by atoms with Crippen molar-refractivity contribution in [2.75, 3.05) is 0 Å². The monoisotopic (exact) mass is 372 g/mol. The number of hydrogen-bond donors (Lipinski definition) is 0. The van der Waals surface area contributed by atoms with Gasteiger partial charge in [-0.25, -0.2) is 0 Å². The van der Waals surface area contributed by atoms with Crippen LogP contribution in [0.4, 0.5) is 26.3 Å². The van der Waals surface area contributed by atoms with E-state index in [9.17, 15) is 26.3 Å². The molecule has 2 aliphatic carbocycles. The third-order valence-electron chi connectivity index (χ3n) is 4.60. The van der Waals surface area contributed by atoms with Gasteiger partial charge >= 0.3 is 12.4 Å². The van der Waals surface area contributed by atoms with Gasteiger partial charge in [0, 0.05) is 8.07 Å². The SMILES string of the molecule is C[Si](C)(CC1CC1(Cl)C(F)(F)F)CC1CC1(Cl)C(F)(F)F. The van der Waals surface area contributed by atoms with Gasteiger partial charge in [-0.3, -0.25) is 0 Å². The summed E-state index contributed by atoms with van der Waals surface area (Å²) in [6.07, 6.45) is -9.17. The summed E-state index contributed by atoms with van der Waals surface area (Å²) in [6.45, 7) is 3.62. The molecule has 0 saturated heterocycles. The van der Waals surface area contributed by atoms with Crippen molar-refractivity contribution in [1.29, 1.82) is 0 Å². The van der Waals surface area contributed by atoms with Gasteiger partial charge in [-0.05, 0) is 24.7 Å². The van der Waals surface area contributed by atoms with Crippen molar-refractivity contribution in [1.82, 2.24) is 0 Å². The maximum Gasteiger partial charge on any atom is 0.407 e. The third-order valence-corrected chi connectivity index (χ3v) is 9.15. The zero-order chi connectivity index (χ0) is 16.5. The fourth-order valence-electron chi connectivity index (χ4n) is 3.18. The highest BCUT2D eigenvalue weighted by Gasteiger charge is 2.72. The van der Waals surface area contributed by atoms with Crippen molar-refractivity contribution in [3.8, 4) is 0 Å². The van der Waals surface area contributed by atoms with Crippen molar-refractivity contribution < 1.29 is 26.3 Å². The molecule has 2 rings (SSSR count). The van der Waals surface area contributed by atoms with Crippen molar-refractivity contribution in [2.24, 2.45) is 11.8 Å². The van der Waals surface area contributed by atoms with Crippen LogP contribution in [-0.4, -0.2) is 30.2 Å². The maximum absolute atomic E-state index is 12.7. The van der Waals surface area contributed by atoms with Crippen LogP contribution in [0.15, 0.2) is 0 Å². The average Bonchev–Trinajstić information content (AvgIpc) is 3.03. The molecule has 0 nitrogen and oxygen atoms in total. The molecule has 4 unspecified atom stereocenters. The molecule has 4 atom stereocenters. The Morgan fingerprint density at radius 1 is 0.857 bits per heavy atom. The van der Waals surface area contributed by atoms with E-state index in [4.69, 9.17) is 23.2 Å². The molecule has 124 valence electrons. The Balaban J connectivity index is 1.91. The Bertz CT molecular complexity index is 396. The molecular weight excluding hydrogens is 357 g/mol. The zero-order valence-electron chi connectivity index (χ0n) is 11.5. The van der Waals surface area contributed by atoms with Crippen LogP contribution in [0, 0.1) is 11.8 Å². The summed E-state index contributed by atoms with van der Waals surface area (Å²) in [5, 5.41) is 0. The minimum absolute atomic E-state index is 0.134. The molecule has 0 heterocycles. The molecule has 0 spiro atoms. The van der Waals surface area contributed by atoms with Gasteiger partial charge in [-0.2, -0.15) is 26.3 Å². The first-order valence-electron chi connectivity index (χ1n) is 6.64. The summed E-state index contributed by atoms with van der Waals surface area (Å²) in [4.78, 5) is -4.33. The fourth-order valence-corrected chi connectivity index (χ4v) is 7.78. The number of alkyl halides is 8. The molecule has 0 aromatic carbocycles. The van der Waals surface area contributed by atoms with Crippen LogP contribution in [0.1, 0.15) is 12.8 Å². The smallest absolute Gasteiger partial charge is 0.169 e. The lowest BCUT2D eigenvalue weighted by Gasteiger charge is -2.25. The van der Waals surface area contributed by atoms with Crippen molar-refractivity contribution >= 4 is 31.3 Å². The van der Waals surface area contributed by atoms with Crippen LogP contribution in [-0.2, 0) is 0 Å². The number of rotatable bonds is 4. The van der Waals surface area contributed by atoms with Crippen LogP contribution < -0.4 is 0 Å². The second-order valence-corrected chi connectivity index (χ2v) is 13.6. The van der Waals surface area contributed by atoms with E-state index >= 15 is 0 Å². The zero-order valence-corrected chi connectivity index (χ0v) is 14.0. The lowest BCUT2D eigenvalue weighted by molar-refractivity contribution is -0.141. The van der Waals surface area contributed by atoms with Gasteiger partial charge in [0.15, 0.2) is 0 Å². The highest BCUT2D eigenvalue weighted by molar-refractivity contribution is 6.77. The topological polar surface area (TPSA) is 0 Å². The van der Waals surface area contributed by atoms with Gasteiger partial charge in [-0.1, -0.05) is 25.2 Å². The fraction of sp³-hybridized carbons (Fsp3) is 1.00. The van der Waals surface area contributed by atoms with Gasteiger partial charge < -0.3 is 0 Å². The van der Waals surface area contributed by atoms with E-state index in [0.29, 0.717) is 0 Å². The minimum atomic E-state index is -4.45. The molecule has 9 heteroatoms. The highest BCUT2D eigenvalue weighted by Crippen LogP contribution is 2.65. The molecule has 2 saturated carbocycles. The van der Waals surface area contributed by atoms with Crippen LogP contribution in [0.5, 0.6) is 0 Å². The standard InChI is InChI=1S/C12H16Cl2F6Si/c1-21(2,5-7-3-9(7,13)11(15,16)17)6-8-4-10(8,14)12(18,19)20/h7-8H,3-6H2,1-2H3.